The van der Waals surface area contributed by atoms with Crippen LogP contribution >= 0.6 is 23.5 Å². The van der Waals surface area contributed by atoms with Crippen LogP contribution in [0.3, 0.4) is 0 Å². The summed E-state index contributed by atoms with van der Waals surface area (Å²) in [6.45, 7) is 1.88. The monoisotopic (exact) mass is 300 g/mol. The van der Waals surface area contributed by atoms with Crippen molar-refractivity contribution in [1.82, 2.24) is 0 Å². The van der Waals surface area contributed by atoms with Crippen molar-refractivity contribution >= 4 is 37.9 Å². The third kappa shape index (κ3) is 4.37. The number of rotatable bonds is 3. The highest BCUT2D eigenvalue weighted by molar-refractivity contribution is 8.39. The van der Waals surface area contributed by atoms with Crippen molar-refractivity contribution in [2.24, 2.45) is 4.40 Å². The first-order chi connectivity index (χ1) is 8.49. The Bertz CT molecular complexity index is 571. The molecular formula is C11H12N2O2S3. The fourth-order valence-corrected chi connectivity index (χ4v) is 3.79. The molecule has 0 spiro atoms. The Labute approximate surface area is 116 Å². The Hall–Kier alpha value is -0.970. The standard InChI is InChI=1S/C11H12N2O2S3/c1-9-3-5-10(6-4-9)18(14,15)13-11(16-2)17-8-7-12/h3-6H,8H2,1-2H3. The summed E-state index contributed by atoms with van der Waals surface area (Å²) >= 11 is 2.34. The van der Waals surface area contributed by atoms with Crippen LogP contribution in [-0.2, 0) is 10.0 Å². The summed E-state index contributed by atoms with van der Waals surface area (Å²) in [5.41, 5.74) is 0.988. The first kappa shape index (κ1) is 15.1. The second-order valence-corrected chi connectivity index (χ2v) is 6.92. The quantitative estimate of drug-likeness (QED) is 0.634. The molecule has 7 heteroatoms. The lowest BCUT2D eigenvalue weighted by Crippen LogP contribution is -2.00. The summed E-state index contributed by atoms with van der Waals surface area (Å²) in [5.74, 6) is 0.184. The van der Waals surface area contributed by atoms with Crippen molar-refractivity contribution < 1.29 is 8.42 Å². The molecule has 18 heavy (non-hydrogen) atoms. The van der Waals surface area contributed by atoms with E-state index in [1.54, 1.807) is 18.4 Å². The molecule has 0 N–H and O–H groups in total. The first-order valence-corrected chi connectivity index (χ1v) is 8.60. The summed E-state index contributed by atoms with van der Waals surface area (Å²) in [7, 11) is -3.68. The summed E-state index contributed by atoms with van der Waals surface area (Å²) in [6.07, 6.45) is 1.73. The lowest BCUT2D eigenvalue weighted by molar-refractivity contribution is 0.598. The molecule has 1 aromatic carbocycles. The molecule has 0 amide bonds. The van der Waals surface area contributed by atoms with E-state index >= 15 is 0 Å². The Morgan fingerprint density at radius 3 is 2.50 bits per heavy atom. The van der Waals surface area contributed by atoms with Gasteiger partial charge in [-0.3, -0.25) is 0 Å². The molecular weight excluding hydrogens is 288 g/mol. The zero-order chi connectivity index (χ0) is 13.6. The van der Waals surface area contributed by atoms with Gasteiger partial charge in [0.25, 0.3) is 10.0 Å². The molecule has 0 unspecified atom stereocenters. The number of hydrogen-bond acceptors (Lipinski definition) is 5. The Morgan fingerprint density at radius 1 is 1.39 bits per heavy atom. The number of hydrogen-bond donors (Lipinski definition) is 0. The molecule has 0 heterocycles. The number of thioether (sulfide) groups is 2. The van der Waals surface area contributed by atoms with Crippen LogP contribution in [0.15, 0.2) is 33.6 Å². The fraction of sp³-hybridized carbons (Fsp3) is 0.273. The lowest BCUT2D eigenvalue weighted by atomic mass is 10.2. The van der Waals surface area contributed by atoms with E-state index in [0.29, 0.717) is 4.38 Å². The third-order valence-electron chi connectivity index (χ3n) is 1.95. The molecule has 0 aliphatic heterocycles. The van der Waals surface area contributed by atoms with Gasteiger partial charge in [-0.25, -0.2) is 0 Å². The van der Waals surface area contributed by atoms with E-state index in [0.717, 1.165) is 17.3 Å². The summed E-state index contributed by atoms with van der Waals surface area (Å²) in [4.78, 5) is 0.164. The van der Waals surface area contributed by atoms with Crippen molar-refractivity contribution in [2.45, 2.75) is 11.8 Å². The SMILES string of the molecule is CSC(=NS(=O)(=O)c1ccc(C)cc1)SCC#N. The minimum atomic E-state index is -3.68. The Morgan fingerprint density at radius 2 is 2.00 bits per heavy atom. The largest absolute Gasteiger partial charge is 0.283 e. The third-order valence-corrected chi connectivity index (χ3v) is 5.38. The number of aryl methyl sites for hydroxylation is 1. The summed E-state index contributed by atoms with van der Waals surface area (Å²) < 4.78 is 28.1. The van der Waals surface area contributed by atoms with Gasteiger partial charge in [-0.15, -0.1) is 16.2 Å². The molecule has 0 bridgehead atoms. The maximum Gasteiger partial charge on any atom is 0.283 e. The van der Waals surface area contributed by atoms with Crippen LogP contribution in [0.4, 0.5) is 0 Å². The second-order valence-electron chi connectivity index (χ2n) is 3.30. The van der Waals surface area contributed by atoms with Crippen LogP contribution in [-0.4, -0.2) is 24.8 Å². The van der Waals surface area contributed by atoms with E-state index in [9.17, 15) is 8.42 Å². The molecule has 0 aliphatic carbocycles. The van der Waals surface area contributed by atoms with Crippen molar-refractivity contribution in [3.63, 3.8) is 0 Å². The van der Waals surface area contributed by atoms with Gasteiger partial charge in [0.15, 0.2) is 0 Å². The second kappa shape index (κ2) is 6.83. The molecule has 0 saturated carbocycles. The molecule has 0 radical (unpaired) electrons. The van der Waals surface area contributed by atoms with Gasteiger partial charge in [0.05, 0.1) is 16.7 Å². The highest BCUT2D eigenvalue weighted by Crippen LogP contribution is 2.20. The van der Waals surface area contributed by atoms with Gasteiger partial charge < -0.3 is 0 Å². The van der Waals surface area contributed by atoms with Gasteiger partial charge in [0.1, 0.15) is 4.38 Å². The van der Waals surface area contributed by atoms with E-state index in [1.807, 2.05) is 13.0 Å². The van der Waals surface area contributed by atoms with Gasteiger partial charge >= 0.3 is 0 Å². The molecule has 1 aromatic rings. The Kier molecular flexibility index (Phi) is 5.72. The smallest absolute Gasteiger partial charge is 0.199 e. The predicted molar refractivity (Wildman–Crippen MR) is 77.4 cm³/mol. The molecule has 0 saturated heterocycles. The Balaban J connectivity index is 3.03. The van der Waals surface area contributed by atoms with E-state index in [-0.39, 0.29) is 10.6 Å². The van der Waals surface area contributed by atoms with Crippen LogP contribution in [0.2, 0.25) is 0 Å². The summed E-state index contributed by atoms with van der Waals surface area (Å²) in [6, 6.07) is 8.45. The highest BCUT2D eigenvalue weighted by Gasteiger charge is 2.14. The topological polar surface area (TPSA) is 70.3 Å². The van der Waals surface area contributed by atoms with E-state index in [2.05, 4.69) is 4.40 Å². The van der Waals surface area contributed by atoms with Crippen LogP contribution in [0.5, 0.6) is 0 Å². The molecule has 96 valence electrons. The van der Waals surface area contributed by atoms with Gasteiger partial charge in [0, 0.05) is 0 Å². The maximum absolute atomic E-state index is 12.0. The molecule has 4 nitrogen and oxygen atoms in total. The van der Waals surface area contributed by atoms with E-state index in [4.69, 9.17) is 5.26 Å². The van der Waals surface area contributed by atoms with Crippen molar-refractivity contribution in [1.29, 1.82) is 5.26 Å². The number of nitriles is 1. The van der Waals surface area contributed by atoms with Crippen molar-refractivity contribution in [3.8, 4) is 6.07 Å². The average Bonchev–Trinajstić information content (AvgIpc) is 2.35. The average molecular weight is 300 g/mol. The minimum absolute atomic E-state index is 0.164. The van der Waals surface area contributed by atoms with Gasteiger partial charge in [-0.1, -0.05) is 29.5 Å². The van der Waals surface area contributed by atoms with Crippen LogP contribution < -0.4 is 0 Å². The van der Waals surface area contributed by atoms with E-state index < -0.39 is 10.0 Å². The van der Waals surface area contributed by atoms with Gasteiger partial charge in [-0.2, -0.15) is 13.7 Å². The fourth-order valence-electron chi connectivity index (χ4n) is 1.08. The normalized spacial score (nSPS) is 12.2. The lowest BCUT2D eigenvalue weighted by Gasteiger charge is -2.02. The van der Waals surface area contributed by atoms with Gasteiger partial charge in [-0.05, 0) is 25.3 Å². The molecule has 0 aromatic heterocycles. The molecule has 0 atom stereocenters. The molecule has 0 fully saturated rings. The van der Waals surface area contributed by atoms with Crippen LogP contribution in [0.1, 0.15) is 5.56 Å². The van der Waals surface area contributed by atoms with Crippen molar-refractivity contribution in [2.75, 3.05) is 12.0 Å². The zero-order valence-electron chi connectivity index (χ0n) is 9.95. The highest BCUT2D eigenvalue weighted by atomic mass is 32.2. The summed E-state index contributed by atoms with van der Waals surface area (Å²) in [5, 5.41) is 8.47. The zero-order valence-corrected chi connectivity index (χ0v) is 12.4. The number of nitrogens with zero attached hydrogens (tertiary/aromatic N) is 2. The van der Waals surface area contributed by atoms with Crippen molar-refractivity contribution in [3.05, 3.63) is 29.8 Å². The number of benzene rings is 1. The minimum Gasteiger partial charge on any atom is -0.199 e. The predicted octanol–water partition coefficient (Wildman–Crippen LogP) is 2.66. The van der Waals surface area contributed by atoms with Crippen LogP contribution in [0.25, 0.3) is 0 Å². The maximum atomic E-state index is 12.0. The molecule has 1 rings (SSSR count). The first-order valence-electron chi connectivity index (χ1n) is 4.95. The number of sulfonamides is 1. The molecule has 0 aliphatic rings. The van der Waals surface area contributed by atoms with Crippen LogP contribution in [0, 0.1) is 18.3 Å². The van der Waals surface area contributed by atoms with Gasteiger partial charge in [0.2, 0.25) is 0 Å². The van der Waals surface area contributed by atoms with E-state index in [1.165, 1.54) is 23.9 Å².